The van der Waals surface area contributed by atoms with Crippen molar-refractivity contribution in [3.8, 4) is 0 Å². The molecule has 0 aliphatic carbocycles. The molecular weight excluding hydrogens is 221 g/mol. The number of piperidine rings is 1. The van der Waals surface area contributed by atoms with E-state index in [0.717, 1.165) is 12.8 Å². The molecule has 0 spiro atoms. The molecule has 0 N–H and O–H groups in total. The smallest absolute Gasteiger partial charge is 0.274 e. The number of rotatable bonds is 1. The third kappa shape index (κ3) is 1.73. The lowest BCUT2D eigenvalue weighted by atomic mass is 10.0. The van der Waals surface area contributed by atoms with Gasteiger partial charge in [0.15, 0.2) is 0 Å². The Morgan fingerprint density at radius 2 is 2.06 bits per heavy atom. The monoisotopic (exact) mass is 237 g/mol. The van der Waals surface area contributed by atoms with Crippen molar-refractivity contribution in [3.05, 3.63) is 18.0 Å². The Hall–Kier alpha value is -1.39. The topological polar surface area (TPSA) is 38.1 Å². The molecule has 2 bridgehead atoms. The number of aromatic nitrogens is 2. The first kappa shape index (κ1) is 10.7. The van der Waals surface area contributed by atoms with Gasteiger partial charge >= 0.3 is 0 Å². The number of carbonyl (C=O) groups excluding carboxylic acids is 1. The molecule has 0 aromatic carbocycles. The van der Waals surface area contributed by atoms with E-state index >= 15 is 0 Å². The van der Waals surface area contributed by atoms with Crippen molar-refractivity contribution < 1.29 is 9.18 Å². The molecule has 3 rings (SSSR count). The van der Waals surface area contributed by atoms with Gasteiger partial charge in [-0.15, -0.1) is 0 Å². The van der Waals surface area contributed by atoms with E-state index in [2.05, 4.69) is 5.10 Å². The first-order valence-electron chi connectivity index (χ1n) is 6.11. The van der Waals surface area contributed by atoms with Crippen LogP contribution in [0, 0.1) is 0 Å². The fourth-order valence-electron chi connectivity index (χ4n) is 3.10. The van der Waals surface area contributed by atoms with Gasteiger partial charge in [-0.1, -0.05) is 0 Å². The van der Waals surface area contributed by atoms with Crippen molar-refractivity contribution in [1.29, 1.82) is 0 Å². The largest absolute Gasteiger partial charge is 0.331 e. The highest BCUT2D eigenvalue weighted by Crippen LogP contribution is 2.37. The Morgan fingerprint density at radius 3 is 2.59 bits per heavy atom. The standard InChI is InChI=1S/C12H16FN3O/c1-15-5-4-11(14-15)12(17)16-9-2-3-10(16)7-8(13)6-9/h4-5,8-10H,2-3,6-7H2,1H3. The van der Waals surface area contributed by atoms with Crippen LogP contribution in [0.3, 0.4) is 0 Å². The number of halogens is 1. The molecule has 2 saturated heterocycles. The minimum absolute atomic E-state index is 0.0370. The highest BCUT2D eigenvalue weighted by molar-refractivity contribution is 5.93. The van der Waals surface area contributed by atoms with Gasteiger partial charge < -0.3 is 4.90 Å². The van der Waals surface area contributed by atoms with Crippen molar-refractivity contribution in [2.24, 2.45) is 7.05 Å². The summed E-state index contributed by atoms with van der Waals surface area (Å²) in [6.45, 7) is 0. The van der Waals surface area contributed by atoms with E-state index in [9.17, 15) is 9.18 Å². The molecule has 0 radical (unpaired) electrons. The summed E-state index contributed by atoms with van der Waals surface area (Å²) in [5, 5.41) is 4.13. The molecule has 5 heteroatoms. The third-order valence-electron chi connectivity index (χ3n) is 3.84. The maximum absolute atomic E-state index is 13.4. The zero-order valence-corrected chi connectivity index (χ0v) is 9.84. The average Bonchev–Trinajstić information content (AvgIpc) is 2.81. The molecule has 2 atom stereocenters. The first-order chi connectivity index (χ1) is 8.15. The second kappa shape index (κ2) is 3.82. The van der Waals surface area contributed by atoms with Gasteiger partial charge in [0.25, 0.3) is 5.91 Å². The number of fused-ring (bicyclic) bond motifs is 2. The van der Waals surface area contributed by atoms with Crippen LogP contribution in [-0.4, -0.2) is 38.8 Å². The number of nitrogens with zero attached hydrogens (tertiary/aromatic N) is 3. The van der Waals surface area contributed by atoms with E-state index in [1.54, 1.807) is 24.0 Å². The summed E-state index contributed by atoms with van der Waals surface area (Å²) in [6.07, 6.45) is 3.88. The second-order valence-corrected chi connectivity index (χ2v) is 5.04. The minimum Gasteiger partial charge on any atom is -0.331 e. The van der Waals surface area contributed by atoms with E-state index in [1.807, 2.05) is 4.90 Å². The Morgan fingerprint density at radius 1 is 1.41 bits per heavy atom. The normalized spacial score (nSPS) is 31.9. The summed E-state index contributed by atoms with van der Waals surface area (Å²) in [5.74, 6) is -0.0370. The lowest BCUT2D eigenvalue weighted by Crippen LogP contribution is -2.47. The number of aryl methyl sites for hydroxylation is 1. The maximum Gasteiger partial charge on any atom is 0.274 e. The van der Waals surface area contributed by atoms with E-state index in [4.69, 9.17) is 0 Å². The van der Waals surface area contributed by atoms with Crippen molar-refractivity contribution >= 4 is 5.91 Å². The summed E-state index contributed by atoms with van der Waals surface area (Å²) >= 11 is 0. The van der Waals surface area contributed by atoms with Gasteiger partial charge in [0, 0.05) is 25.3 Å². The summed E-state index contributed by atoms with van der Waals surface area (Å²) in [4.78, 5) is 14.2. The van der Waals surface area contributed by atoms with Crippen molar-refractivity contribution in [1.82, 2.24) is 14.7 Å². The van der Waals surface area contributed by atoms with Gasteiger partial charge in [-0.05, 0) is 31.7 Å². The lowest BCUT2D eigenvalue weighted by molar-refractivity contribution is 0.0472. The van der Waals surface area contributed by atoms with E-state index in [0.29, 0.717) is 18.5 Å². The second-order valence-electron chi connectivity index (χ2n) is 5.04. The fraction of sp³-hybridized carbons (Fsp3) is 0.667. The predicted octanol–water partition coefficient (Wildman–Crippen LogP) is 1.53. The van der Waals surface area contributed by atoms with Gasteiger partial charge in [0.05, 0.1) is 0 Å². The van der Waals surface area contributed by atoms with E-state index in [1.165, 1.54) is 0 Å². The van der Waals surface area contributed by atoms with Crippen LogP contribution < -0.4 is 0 Å². The third-order valence-corrected chi connectivity index (χ3v) is 3.84. The fourth-order valence-corrected chi connectivity index (χ4v) is 3.10. The zero-order chi connectivity index (χ0) is 12.0. The molecule has 2 aliphatic rings. The predicted molar refractivity (Wildman–Crippen MR) is 60.3 cm³/mol. The Balaban J connectivity index is 1.83. The minimum atomic E-state index is -0.736. The molecule has 0 saturated carbocycles. The van der Waals surface area contributed by atoms with Crippen LogP contribution >= 0.6 is 0 Å². The molecule has 3 heterocycles. The number of carbonyl (C=O) groups is 1. The number of amides is 1. The molecule has 2 aliphatic heterocycles. The molecule has 92 valence electrons. The van der Waals surface area contributed by atoms with Gasteiger partial charge in [-0.2, -0.15) is 5.10 Å². The Labute approximate surface area is 99.4 Å². The van der Waals surface area contributed by atoms with Crippen LogP contribution in [0.5, 0.6) is 0 Å². The summed E-state index contributed by atoms with van der Waals surface area (Å²) in [5.41, 5.74) is 0.474. The molecule has 17 heavy (non-hydrogen) atoms. The van der Waals surface area contributed by atoms with Crippen LogP contribution in [-0.2, 0) is 7.05 Å². The lowest BCUT2D eigenvalue weighted by Gasteiger charge is -2.35. The van der Waals surface area contributed by atoms with Gasteiger partial charge in [-0.25, -0.2) is 4.39 Å². The number of hydrogen-bond donors (Lipinski definition) is 0. The first-order valence-corrected chi connectivity index (χ1v) is 6.11. The van der Waals surface area contributed by atoms with E-state index < -0.39 is 6.17 Å². The summed E-state index contributed by atoms with van der Waals surface area (Å²) < 4.78 is 15.0. The molecule has 4 nitrogen and oxygen atoms in total. The van der Waals surface area contributed by atoms with Crippen LogP contribution in [0.4, 0.5) is 4.39 Å². The number of alkyl halides is 1. The molecule has 2 fully saturated rings. The van der Waals surface area contributed by atoms with Crippen LogP contribution in [0.1, 0.15) is 36.2 Å². The molecule has 1 amide bonds. The summed E-state index contributed by atoms with van der Waals surface area (Å²) in [6, 6.07) is 1.89. The number of hydrogen-bond acceptors (Lipinski definition) is 2. The van der Waals surface area contributed by atoms with Gasteiger partial charge in [-0.3, -0.25) is 9.48 Å². The molecular formula is C12H16FN3O. The van der Waals surface area contributed by atoms with Crippen molar-refractivity contribution in [2.75, 3.05) is 0 Å². The van der Waals surface area contributed by atoms with Gasteiger partial charge in [0.1, 0.15) is 11.9 Å². The molecule has 1 aromatic heterocycles. The van der Waals surface area contributed by atoms with Crippen molar-refractivity contribution in [3.63, 3.8) is 0 Å². The molecule has 2 unspecified atom stereocenters. The highest BCUT2D eigenvalue weighted by atomic mass is 19.1. The van der Waals surface area contributed by atoms with Gasteiger partial charge in [0.2, 0.25) is 0 Å². The quantitative estimate of drug-likeness (QED) is 0.742. The van der Waals surface area contributed by atoms with Crippen molar-refractivity contribution in [2.45, 2.75) is 43.9 Å². The SMILES string of the molecule is Cn1ccc(C(=O)N2C3CCC2CC(F)C3)n1. The Bertz CT molecular complexity index is 431. The highest BCUT2D eigenvalue weighted by Gasteiger charge is 2.43. The Kier molecular flexibility index (Phi) is 2.42. The van der Waals surface area contributed by atoms with Crippen LogP contribution in [0.2, 0.25) is 0 Å². The maximum atomic E-state index is 13.4. The average molecular weight is 237 g/mol. The zero-order valence-electron chi connectivity index (χ0n) is 9.84. The van der Waals surface area contributed by atoms with Crippen LogP contribution in [0.15, 0.2) is 12.3 Å². The molecule has 1 aromatic rings. The summed E-state index contributed by atoms with van der Waals surface area (Å²) in [7, 11) is 1.79. The van der Waals surface area contributed by atoms with Crippen LogP contribution in [0.25, 0.3) is 0 Å². The van der Waals surface area contributed by atoms with E-state index in [-0.39, 0.29) is 18.0 Å².